The first-order chi connectivity index (χ1) is 6.31. The molecule has 2 nitrogen and oxygen atoms in total. The number of pyridine rings is 1. The Hall–Kier alpha value is -1.57. The summed E-state index contributed by atoms with van der Waals surface area (Å²) in [6, 6.07) is 6.12. The predicted molar refractivity (Wildman–Crippen MR) is 53.0 cm³/mol. The lowest BCUT2D eigenvalue weighted by atomic mass is 10.1. The number of nitrogens with zero attached hydrogens (tertiary/aromatic N) is 1. The molecule has 2 heteroatoms. The summed E-state index contributed by atoms with van der Waals surface area (Å²) in [7, 11) is 1.69. The average molecular weight is 173 g/mol. The Kier molecular flexibility index (Phi) is 1.89. The van der Waals surface area contributed by atoms with Crippen LogP contribution < -0.4 is 4.74 Å². The van der Waals surface area contributed by atoms with Crippen LogP contribution in [0, 0.1) is 6.92 Å². The second-order valence-electron chi connectivity index (χ2n) is 3.04. The van der Waals surface area contributed by atoms with Gasteiger partial charge in [-0.05, 0) is 36.1 Å². The van der Waals surface area contributed by atoms with Gasteiger partial charge in [0.25, 0.3) is 0 Å². The molecule has 0 fully saturated rings. The molecule has 0 bridgehead atoms. The Morgan fingerprint density at radius 1 is 1.23 bits per heavy atom. The van der Waals surface area contributed by atoms with E-state index in [0.717, 1.165) is 16.7 Å². The van der Waals surface area contributed by atoms with Crippen LogP contribution in [0.2, 0.25) is 0 Å². The molecule has 0 aliphatic rings. The fourth-order valence-corrected chi connectivity index (χ4v) is 1.45. The summed E-state index contributed by atoms with van der Waals surface area (Å²) < 4.78 is 5.23. The van der Waals surface area contributed by atoms with Crippen molar-refractivity contribution in [2.75, 3.05) is 7.11 Å². The lowest BCUT2D eigenvalue weighted by Crippen LogP contribution is -1.87. The molecule has 13 heavy (non-hydrogen) atoms. The van der Waals surface area contributed by atoms with Gasteiger partial charge in [0.15, 0.2) is 0 Å². The van der Waals surface area contributed by atoms with Crippen LogP contribution >= 0.6 is 0 Å². The molecule has 0 saturated carbocycles. The van der Waals surface area contributed by atoms with Crippen molar-refractivity contribution in [2.45, 2.75) is 6.92 Å². The van der Waals surface area contributed by atoms with E-state index in [2.05, 4.69) is 11.1 Å². The highest BCUT2D eigenvalue weighted by molar-refractivity contribution is 5.83. The van der Waals surface area contributed by atoms with E-state index in [-0.39, 0.29) is 0 Å². The minimum Gasteiger partial charge on any atom is -0.496 e. The zero-order valence-electron chi connectivity index (χ0n) is 7.74. The van der Waals surface area contributed by atoms with E-state index in [1.54, 1.807) is 13.3 Å². The van der Waals surface area contributed by atoms with Crippen molar-refractivity contribution < 1.29 is 4.74 Å². The van der Waals surface area contributed by atoms with Gasteiger partial charge in [0.05, 0.1) is 7.11 Å². The van der Waals surface area contributed by atoms with E-state index < -0.39 is 0 Å². The van der Waals surface area contributed by atoms with E-state index in [1.165, 1.54) is 5.39 Å². The summed E-state index contributed by atoms with van der Waals surface area (Å²) in [5.41, 5.74) is 1.15. The molecule has 2 rings (SSSR count). The third-order valence-electron chi connectivity index (χ3n) is 2.15. The Balaban J connectivity index is 2.74. The van der Waals surface area contributed by atoms with E-state index in [0.29, 0.717) is 0 Å². The van der Waals surface area contributed by atoms with Crippen LogP contribution in [0.15, 0.2) is 30.6 Å². The van der Waals surface area contributed by atoms with Gasteiger partial charge in [0, 0.05) is 17.8 Å². The molecule has 0 atom stereocenters. The topological polar surface area (TPSA) is 22.1 Å². The number of aryl methyl sites for hydroxylation is 1. The molecular formula is C11H11NO. The van der Waals surface area contributed by atoms with Crippen LogP contribution in [0.25, 0.3) is 10.8 Å². The zero-order chi connectivity index (χ0) is 9.26. The van der Waals surface area contributed by atoms with Gasteiger partial charge in [0.2, 0.25) is 0 Å². The fourth-order valence-electron chi connectivity index (χ4n) is 1.45. The maximum atomic E-state index is 5.23. The highest BCUT2D eigenvalue weighted by Crippen LogP contribution is 2.23. The maximum Gasteiger partial charge on any atom is 0.122 e. The number of ether oxygens (including phenoxy) is 1. The third-order valence-corrected chi connectivity index (χ3v) is 2.15. The lowest BCUT2D eigenvalue weighted by molar-refractivity contribution is 0.412. The third kappa shape index (κ3) is 1.35. The number of methoxy groups -OCH3 is 1. The summed E-state index contributed by atoms with van der Waals surface area (Å²) in [6.07, 6.45) is 3.64. The van der Waals surface area contributed by atoms with Gasteiger partial charge in [0.1, 0.15) is 5.75 Å². The van der Waals surface area contributed by atoms with Gasteiger partial charge in [-0.15, -0.1) is 0 Å². The first-order valence-electron chi connectivity index (χ1n) is 4.19. The van der Waals surface area contributed by atoms with Gasteiger partial charge < -0.3 is 4.74 Å². The lowest BCUT2D eigenvalue weighted by Gasteiger charge is -2.05. The molecule has 1 heterocycles. The van der Waals surface area contributed by atoms with E-state index in [4.69, 9.17) is 4.74 Å². The first-order valence-corrected chi connectivity index (χ1v) is 4.19. The molecule has 0 spiro atoms. The van der Waals surface area contributed by atoms with Gasteiger partial charge in [-0.2, -0.15) is 0 Å². The maximum absolute atomic E-state index is 5.23. The van der Waals surface area contributed by atoms with E-state index >= 15 is 0 Å². The van der Waals surface area contributed by atoms with Crippen LogP contribution in [-0.4, -0.2) is 12.1 Å². The van der Waals surface area contributed by atoms with E-state index in [1.807, 2.05) is 25.3 Å². The standard InChI is InChI=1S/C11H11NO/c1-8-5-9-3-4-12-7-10(9)6-11(8)13-2/h3-7H,1-2H3. The van der Waals surface area contributed by atoms with Gasteiger partial charge in [-0.1, -0.05) is 0 Å². The number of hydrogen-bond acceptors (Lipinski definition) is 2. The van der Waals surface area contributed by atoms with Crippen LogP contribution in [0.4, 0.5) is 0 Å². The molecule has 0 amide bonds. The van der Waals surface area contributed by atoms with Crippen molar-refractivity contribution in [3.05, 3.63) is 36.2 Å². The van der Waals surface area contributed by atoms with Crippen molar-refractivity contribution in [3.8, 4) is 5.75 Å². The monoisotopic (exact) mass is 173 g/mol. The molecule has 1 aromatic carbocycles. The molecule has 0 N–H and O–H groups in total. The SMILES string of the molecule is COc1cc2cnccc2cc1C. The molecule has 0 aliphatic carbocycles. The molecule has 0 aliphatic heterocycles. The number of fused-ring (bicyclic) bond motifs is 1. The number of hydrogen-bond donors (Lipinski definition) is 0. The van der Waals surface area contributed by atoms with Crippen LogP contribution in [0.1, 0.15) is 5.56 Å². The predicted octanol–water partition coefficient (Wildman–Crippen LogP) is 2.55. The largest absolute Gasteiger partial charge is 0.496 e. The summed E-state index contributed by atoms with van der Waals surface area (Å²) in [6.45, 7) is 2.04. The first kappa shape index (κ1) is 8.05. The quantitative estimate of drug-likeness (QED) is 0.661. The Bertz CT molecular complexity index is 437. The molecule has 0 saturated heterocycles. The highest BCUT2D eigenvalue weighted by atomic mass is 16.5. The zero-order valence-corrected chi connectivity index (χ0v) is 7.74. The van der Waals surface area contributed by atoms with Crippen molar-refractivity contribution in [1.29, 1.82) is 0 Å². The highest BCUT2D eigenvalue weighted by Gasteiger charge is 2.00. The van der Waals surface area contributed by atoms with Gasteiger partial charge in [-0.3, -0.25) is 4.98 Å². The van der Waals surface area contributed by atoms with E-state index in [9.17, 15) is 0 Å². The Labute approximate surface area is 77.2 Å². The average Bonchev–Trinajstić information content (AvgIpc) is 2.17. The van der Waals surface area contributed by atoms with Crippen LogP contribution in [-0.2, 0) is 0 Å². The molecule has 0 unspecified atom stereocenters. The minimum atomic E-state index is 0.917. The number of rotatable bonds is 1. The van der Waals surface area contributed by atoms with Crippen LogP contribution in [0.5, 0.6) is 5.75 Å². The Morgan fingerprint density at radius 2 is 2.08 bits per heavy atom. The van der Waals surface area contributed by atoms with Crippen molar-refractivity contribution in [3.63, 3.8) is 0 Å². The summed E-state index contributed by atoms with van der Waals surface area (Å²) in [5, 5.41) is 2.32. The minimum absolute atomic E-state index is 0.917. The normalized spacial score (nSPS) is 10.3. The molecule has 2 aromatic rings. The van der Waals surface area contributed by atoms with Crippen molar-refractivity contribution in [1.82, 2.24) is 4.98 Å². The van der Waals surface area contributed by atoms with Gasteiger partial charge >= 0.3 is 0 Å². The van der Waals surface area contributed by atoms with Crippen molar-refractivity contribution in [2.24, 2.45) is 0 Å². The van der Waals surface area contributed by atoms with Crippen LogP contribution in [0.3, 0.4) is 0 Å². The Morgan fingerprint density at radius 3 is 2.85 bits per heavy atom. The van der Waals surface area contributed by atoms with Crippen molar-refractivity contribution >= 4 is 10.8 Å². The molecular weight excluding hydrogens is 162 g/mol. The molecule has 66 valence electrons. The molecule has 0 radical (unpaired) electrons. The summed E-state index contributed by atoms with van der Waals surface area (Å²) >= 11 is 0. The summed E-state index contributed by atoms with van der Waals surface area (Å²) in [5.74, 6) is 0.917. The number of benzene rings is 1. The second-order valence-corrected chi connectivity index (χ2v) is 3.04. The second kappa shape index (κ2) is 3.05. The number of aromatic nitrogens is 1. The summed E-state index contributed by atoms with van der Waals surface area (Å²) in [4.78, 5) is 4.06. The fraction of sp³-hybridized carbons (Fsp3) is 0.182. The van der Waals surface area contributed by atoms with Gasteiger partial charge in [-0.25, -0.2) is 0 Å². The molecule has 1 aromatic heterocycles. The smallest absolute Gasteiger partial charge is 0.122 e.